The monoisotopic (exact) mass is 506 g/mol. The Morgan fingerprint density at radius 1 is 1.28 bits per heavy atom. The summed E-state index contributed by atoms with van der Waals surface area (Å²) in [6.45, 7) is 6.15. The van der Waals surface area contributed by atoms with Crippen molar-refractivity contribution >= 4 is 35.5 Å². The van der Waals surface area contributed by atoms with Gasteiger partial charge in [-0.05, 0) is 38.2 Å². The molecule has 11 heteroatoms. The van der Waals surface area contributed by atoms with E-state index in [1.165, 1.54) is 14.2 Å². The Morgan fingerprint density at radius 2 is 1.97 bits per heavy atom. The summed E-state index contributed by atoms with van der Waals surface area (Å²) in [4.78, 5) is -0.388. The summed E-state index contributed by atoms with van der Waals surface area (Å²) in [5.74, 6) is 1.58. The first-order valence-electron chi connectivity index (χ1n) is 8.82. The Balaban J connectivity index is 2.54. The number of rotatable bonds is 10. The third kappa shape index (κ3) is 5.98. The van der Waals surface area contributed by atoms with E-state index in [1.807, 2.05) is 19.6 Å². The van der Waals surface area contributed by atoms with Gasteiger partial charge in [-0.1, -0.05) is 22.0 Å². The fourth-order valence-electron chi connectivity index (χ4n) is 2.68. The summed E-state index contributed by atoms with van der Waals surface area (Å²) < 4.78 is 46.6. The van der Waals surface area contributed by atoms with Gasteiger partial charge in [0, 0.05) is 17.8 Å². The standard InChI is InChI=1S/C18H26BrNO7SSi/c1-24-13-8-6-7-11(15(13)25-2)16-14(21)18(27-29(3,4)5)17(26-16)12(19)9-10-20-28(22)23/h6-8,12,20-21H,9-10H2,1-5H3,(H,22,23)/p-1. The minimum absolute atomic E-state index is 0.140. The number of halogens is 1. The van der Waals surface area contributed by atoms with Crippen LogP contribution in [0.4, 0.5) is 0 Å². The van der Waals surface area contributed by atoms with Crippen molar-refractivity contribution in [3.05, 3.63) is 24.0 Å². The Kier molecular flexibility index (Phi) is 8.17. The summed E-state index contributed by atoms with van der Waals surface area (Å²) in [6, 6.07) is 5.24. The number of benzene rings is 1. The zero-order valence-electron chi connectivity index (χ0n) is 16.9. The van der Waals surface area contributed by atoms with Gasteiger partial charge < -0.3 is 28.0 Å². The van der Waals surface area contributed by atoms with Gasteiger partial charge in [-0.25, -0.2) is 4.72 Å². The van der Waals surface area contributed by atoms with Gasteiger partial charge in [0.15, 0.2) is 28.8 Å². The Bertz CT molecular complexity index is 869. The maximum atomic E-state index is 10.9. The van der Waals surface area contributed by atoms with E-state index in [-0.39, 0.29) is 28.6 Å². The molecule has 2 aromatic rings. The van der Waals surface area contributed by atoms with Gasteiger partial charge in [0.05, 0.1) is 24.6 Å². The zero-order chi connectivity index (χ0) is 21.8. The second-order valence-corrected chi connectivity index (χ2v) is 13.4. The Morgan fingerprint density at radius 3 is 2.52 bits per heavy atom. The molecule has 0 aliphatic heterocycles. The molecule has 2 N–H and O–H groups in total. The van der Waals surface area contributed by atoms with E-state index in [4.69, 9.17) is 18.3 Å². The van der Waals surface area contributed by atoms with Crippen LogP contribution in [-0.2, 0) is 11.3 Å². The lowest BCUT2D eigenvalue weighted by molar-refractivity contribution is 0.354. The lowest BCUT2D eigenvalue weighted by Crippen LogP contribution is -2.29. The van der Waals surface area contributed by atoms with Crippen molar-refractivity contribution in [2.24, 2.45) is 0 Å². The van der Waals surface area contributed by atoms with Gasteiger partial charge in [0.25, 0.3) is 0 Å². The van der Waals surface area contributed by atoms with Crippen LogP contribution in [0, 0.1) is 0 Å². The van der Waals surface area contributed by atoms with Crippen LogP contribution in [0.2, 0.25) is 19.6 Å². The first-order chi connectivity index (χ1) is 13.6. The van der Waals surface area contributed by atoms with Crippen molar-refractivity contribution in [1.29, 1.82) is 0 Å². The molecule has 0 aliphatic rings. The molecule has 1 heterocycles. The second kappa shape index (κ2) is 9.98. The van der Waals surface area contributed by atoms with Crippen LogP contribution in [-0.4, -0.2) is 42.9 Å². The van der Waals surface area contributed by atoms with E-state index in [9.17, 15) is 13.9 Å². The smallest absolute Gasteiger partial charge is 0.242 e. The van der Waals surface area contributed by atoms with Crippen LogP contribution in [0.3, 0.4) is 0 Å². The predicted molar refractivity (Wildman–Crippen MR) is 116 cm³/mol. The maximum Gasteiger partial charge on any atom is 0.242 e. The molecular weight excluding hydrogens is 482 g/mol. The molecule has 1 aromatic heterocycles. The lowest BCUT2D eigenvalue weighted by Gasteiger charge is -2.20. The molecule has 2 rings (SSSR count). The van der Waals surface area contributed by atoms with Gasteiger partial charge in [-0.2, -0.15) is 0 Å². The van der Waals surface area contributed by atoms with Crippen molar-refractivity contribution in [3.8, 4) is 34.3 Å². The van der Waals surface area contributed by atoms with E-state index < -0.39 is 19.6 Å². The van der Waals surface area contributed by atoms with Crippen LogP contribution >= 0.6 is 15.9 Å². The quantitative estimate of drug-likeness (QED) is 0.283. The zero-order valence-corrected chi connectivity index (χ0v) is 20.3. The molecule has 162 valence electrons. The number of hydrogen-bond acceptors (Lipinski definition) is 7. The number of furan rings is 1. The van der Waals surface area contributed by atoms with E-state index in [0.29, 0.717) is 29.2 Å². The van der Waals surface area contributed by atoms with Gasteiger partial charge in [0.1, 0.15) is 0 Å². The van der Waals surface area contributed by atoms with E-state index in [2.05, 4.69) is 20.7 Å². The summed E-state index contributed by atoms with van der Waals surface area (Å²) in [7, 11) is 0.934. The highest BCUT2D eigenvalue weighted by molar-refractivity contribution is 9.09. The number of nitrogens with one attached hydrogen (secondary N) is 1. The number of alkyl halides is 1. The lowest BCUT2D eigenvalue weighted by atomic mass is 10.1. The maximum absolute atomic E-state index is 10.9. The molecule has 0 bridgehead atoms. The van der Waals surface area contributed by atoms with Gasteiger partial charge in [0.2, 0.25) is 14.1 Å². The number of para-hydroxylation sites is 1. The van der Waals surface area contributed by atoms with E-state index in [1.54, 1.807) is 18.2 Å². The topological polar surface area (TPSA) is 113 Å². The van der Waals surface area contributed by atoms with Crippen molar-refractivity contribution in [2.45, 2.75) is 30.9 Å². The van der Waals surface area contributed by atoms with E-state index in [0.717, 1.165) is 0 Å². The molecule has 1 aromatic carbocycles. The molecule has 0 saturated carbocycles. The second-order valence-electron chi connectivity index (χ2n) is 7.11. The fraction of sp³-hybridized carbons (Fsp3) is 0.444. The first kappa shape index (κ1) is 23.7. The van der Waals surface area contributed by atoms with Gasteiger partial charge >= 0.3 is 0 Å². The molecule has 0 aliphatic carbocycles. The van der Waals surface area contributed by atoms with Crippen LogP contribution in [0.1, 0.15) is 17.0 Å². The molecule has 0 spiro atoms. The van der Waals surface area contributed by atoms with Crippen LogP contribution in [0.15, 0.2) is 22.6 Å². The van der Waals surface area contributed by atoms with Crippen LogP contribution in [0.5, 0.6) is 23.0 Å². The SMILES string of the molecule is COc1cccc(-c2oc(C(Br)CCNS(=O)[O-])c(O[Si](C)(C)C)c2O)c1OC. The molecule has 0 radical (unpaired) electrons. The number of aromatic hydroxyl groups is 1. The minimum atomic E-state index is -2.35. The molecule has 2 unspecified atom stereocenters. The van der Waals surface area contributed by atoms with E-state index >= 15 is 0 Å². The van der Waals surface area contributed by atoms with Gasteiger partial charge in [-0.15, -0.1) is 0 Å². The molecule has 0 saturated heterocycles. The third-order valence-electron chi connectivity index (χ3n) is 3.82. The minimum Gasteiger partial charge on any atom is -0.760 e. The number of methoxy groups -OCH3 is 2. The highest BCUT2D eigenvalue weighted by Gasteiger charge is 2.32. The molecular formula is C18H25BrNO7SSi-. The Labute approximate surface area is 182 Å². The fourth-order valence-corrected chi connectivity index (χ4v) is 4.31. The van der Waals surface area contributed by atoms with Crippen LogP contribution < -0.4 is 18.6 Å². The molecule has 0 fully saturated rings. The number of hydrogen-bond donors (Lipinski definition) is 2. The summed E-state index contributed by atoms with van der Waals surface area (Å²) >= 11 is 1.16. The highest BCUT2D eigenvalue weighted by Crippen LogP contribution is 2.51. The third-order valence-corrected chi connectivity index (χ3v) is 5.95. The van der Waals surface area contributed by atoms with Crippen LogP contribution in [0.25, 0.3) is 11.3 Å². The molecule has 2 atom stereocenters. The predicted octanol–water partition coefficient (Wildman–Crippen LogP) is 4.09. The van der Waals surface area contributed by atoms with Crippen molar-refractivity contribution in [2.75, 3.05) is 20.8 Å². The molecule has 0 amide bonds. The largest absolute Gasteiger partial charge is 0.760 e. The van der Waals surface area contributed by atoms with Crippen molar-refractivity contribution in [3.63, 3.8) is 0 Å². The first-order valence-corrected chi connectivity index (χ1v) is 14.2. The van der Waals surface area contributed by atoms with Crippen molar-refractivity contribution < 1.29 is 32.2 Å². The number of ether oxygens (including phenoxy) is 2. The highest BCUT2D eigenvalue weighted by atomic mass is 79.9. The Hall–Kier alpha value is -1.53. The average Bonchev–Trinajstić information content (AvgIpc) is 2.95. The normalized spacial score (nSPS) is 13.8. The summed E-state index contributed by atoms with van der Waals surface area (Å²) in [6.07, 6.45) is 0.387. The van der Waals surface area contributed by atoms with Crippen molar-refractivity contribution in [1.82, 2.24) is 4.72 Å². The molecule has 8 nitrogen and oxygen atoms in total. The molecule has 29 heavy (non-hydrogen) atoms. The summed E-state index contributed by atoms with van der Waals surface area (Å²) in [5, 5.41) is 10.9. The van der Waals surface area contributed by atoms with Gasteiger partial charge in [-0.3, -0.25) is 4.21 Å². The average molecular weight is 507 g/mol. The summed E-state index contributed by atoms with van der Waals surface area (Å²) in [5.41, 5.74) is 0.509.